The van der Waals surface area contributed by atoms with Crippen molar-refractivity contribution in [1.82, 2.24) is 9.80 Å². The standard InChI is InChI=1S/C26H44N2/c1-3-5-7-8-9-10-11-12-13-18-22-28-24-23-27(21-17-6-4-2)26(28)25-19-15-14-16-20-25/h14-16,19-20,23-24,26H,3-13,17-18,21-22H2,1-2H3. The summed E-state index contributed by atoms with van der Waals surface area (Å²) in [7, 11) is 0. The second kappa shape index (κ2) is 14.5. The van der Waals surface area contributed by atoms with E-state index >= 15 is 0 Å². The number of nitrogens with zero attached hydrogens (tertiary/aromatic N) is 2. The van der Waals surface area contributed by atoms with Gasteiger partial charge in [-0.15, -0.1) is 0 Å². The molecule has 0 amide bonds. The van der Waals surface area contributed by atoms with Crippen molar-refractivity contribution in [3.8, 4) is 0 Å². The monoisotopic (exact) mass is 384 g/mol. The first kappa shape index (κ1) is 22.8. The zero-order valence-electron chi connectivity index (χ0n) is 18.6. The highest BCUT2D eigenvalue weighted by atomic mass is 15.4. The molecule has 158 valence electrons. The highest BCUT2D eigenvalue weighted by Crippen LogP contribution is 2.31. The van der Waals surface area contributed by atoms with Gasteiger partial charge in [0.1, 0.15) is 6.17 Å². The lowest BCUT2D eigenvalue weighted by Gasteiger charge is -2.33. The lowest BCUT2D eigenvalue weighted by atomic mass is 10.1. The van der Waals surface area contributed by atoms with Crippen LogP contribution in [-0.2, 0) is 0 Å². The molecule has 0 aromatic heterocycles. The Hall–Kier alpha value is -1.44. The third-order valence-electron chi connectivity index (χ3n) is 5.97. The molecule has 1 aliphatic rings. The van der Waals surface area contributed by atoms with Crippen LogP contribution >= 0.6 is 0 Å². The molecule has 0 N–H and O–H groups in total. The molecule has 1 aliphatic heterocycles. The minimum atomic E-state index is 0.400. The van der Waals surface area contributed by atoms with Crippen molar-refractivity contribution in [2.24, 2.45) is 0 Å². The molecule has 1 aromatic rings. The van der Waals surface area contributed by atoms with Gasteiger partial charge >= 0.3 is 0 Å². The van der Waals surface area contributed by atoms with E-state index in [-0.39, 0.29) is 0 Å². The first-order valence-electron chi connectivity index (χ1n) is 12.1. The third kappa shape index (κ3) is 8.29. The summed E-state index contributed by atoms with van der Waals surface area (Å²) in [5, 5.41) is 0. The highest BCUT2D eigenvalue weighted by Gasteiger charge is 2.26. The molecule has 28 heavy (non-hydrogen) atoms. The number of benzene rings is 1. The quantitative estimate of drug-likeness (QED) is 0.267. The Morgan fingerprint density at radius 3 is 1.54 bits per heavy atom. The summed E-state index contributed by atoms with van der Waals surface area (Å²) in [5.74, 6) is 0. The first-order chi connectivity index (χ1) is 13.9. The van der Waals surface area contributed by atoms with E-state index in [1.165, 1.54) is 102 Å². The van der Waals surface area contributed by atoms with E-state index in [1.54, 1.807) is 0 Å². The second-order valence-electron chi connectivity index (χ2n) is 8.45. The molecule has 0 spiro atoms. The largest absolute Gasteiger partial charge is 0.352 e. The molecule has 1 aromatic carbocycles. The van der Waals surface area contributed by atoms with E-state index in [1.807, 2.05) is 0 Å². The maximum Gasteiger partial charge on any atom is 0.127 e. The Bertz CT molecular complexity index is 510. The van der Waals surface area contributed by atoms with Crippen LogP contribution in [0.5, 0.6) is 0 Å². The van der Waals surface area contributed by atoms with Crippen LogP contribution in [0.3, 0.4) is 0 Å². The van der Waals surface area contributed by atoms with Crippen LogP contribution in [0.1, 0.15) is 109 Å². The molecule has 0 saturated carbocycles. The zero-order valence-corrected chi connectivity index (χ0v) is 18.6. The molecule has 0 radical (unpaired) electrons. The molecule has 0 bridgehead atoms. The number of rotatable bonds is 16. The van der Waals surface area contributed by atoms with Gasteiger partial charge in [0.25, 0.3) is 0 Å². The van der Waals surface area contributed by atoms with Gasteiger partial charge in [0.2, 0.25) is 0 Å². The molecule has 2 heteroatoms. The van der Waals surface area contributed by atoms with E-state index in [2.05, 4.69) is 66.4 Å². The number of hydrogen-bond acceptors (Lipinski definition) is 2. The molecule has 0 saturated heterocycles. The molecular formula is C26H44N2. The van der Waals surface area contributed by atoms with E-state index in [9.17, 15) is 0 Å². The van der Waals surface area contributed by atoms with Crippen LogP contribution in [0.4, 0.5) is 0 Å². The third-order valence-corrected chi connectivity index (χ3v) is 5.97. The SMILES string of the molecule is CCCCCCCCCCCCN1C=CN(CCCCC)C1c1ccccc1. The maximum absolute atomic E-state index is 2.56. The van der Waals surface area contributed by atoms with Crippen LogP contribution in [0, 0.1) is 0 Å². The minimum absolute atomic E-state index is 0.400. The predicted octanol–water partition coefficient (Wildman–Crippen LogP) is 7.89. The van der Waals surface area contributed by atoms with Crippen molar-refractivity contribution in [3.63, 3.8) is 0 Å². The van der Waals surface area contributed by atoms with Crippen LogP contribution < -0.4 is 0 Å². The van der Waals surface area contributed by atoms with Gasteiger partial charge in [0.15, 0.2) is 0 Å². The number of hydrogen-bond donors (Lipinski definition) is 0. The van der Waals surface area contributed by atoms with E-state index in [4.69, 9.17) is 0 Å². The summed E-state index contributed by atoms with van der Waals surface area (Å²) >= 11 is 0. The molecule has 2 nitrogen and oxygen atoms in total. The van der Waals surface area contributed by atoms with Gasteiger partial charge in [-0.25, -0.2) is 0 Å². The summed E-state index contributed by atoms with van der Waals surface area (Å²) in [6.07, 6.45) is 23.0. The second-order valence-corrected chi connectivity index (χ2v) is 8.45. The highest BCUT2D eigenvalue weighted by molar-refractivity contribution is 5.21. The Balaban J connectivity index is 1.69. The molecular weight excluding hydrogens is 340 g/mol. The smallest absolute Gasteiger partial charge is 0.127 e. The fourth-order valence-corrected chi connectivity index (χ4v) is 4.25. The Labute approximate surface area is 175 Å². The Morgan fingerprint density at radius 2 is 1.00 bits per heavy atom. The topological polar surface area (TPSA) is 6.48 Å². The van der Waals surface area contributed by atoms with Crippen LogP contribution in [0.15, 0.2) is 42.7 Å². The van der Waals surface area contributed by atoms with Crippen LogP contribution in [-0.4, -0.2) is 22.9 Å². The zero-order chi connectivity index (χ0) is 19.9. The van der Waals surface area contributed by atoms with Crippen molar-refractivity contribution >= 4 is 0 Å². The minimum Gasteiger partial charge on any atom is -0.352 e. The maximum atomic E-state index is 2.56. The first-order valence-corrected chi connectivity index (χ1v) is 12.1. The van der Waals surface area contributed by atoms with Crippen molar-refractivity contribution < 1.29 is 0 Å². The predicted molar refractivity (Wildman–Crippen MR) is 123 cm³/mol. The molecule has 0 fully saturated rings. The van der Waals surface area contributed by atoms with Crippen molar-refractivity contribution in [3.05, 3.63) is 48.3 Å². The van der Waals surface area contributed by atoms with Crippen molar-refractivity contribution in [2.75, 3.05) is 13.1 Å². The average molecular weight is 385 g/mol. The molecule has 1 unspecified atom stereocenters. The van der Waals surface area contributed by atoms with Gasteiger partial charge in [-0.1, -0.05) is 115 Å². The Morgan fingerprint density at radius 1 is 0.571 bits per heavy atom. The molecule has 2 rings (SSSR count). The van der Waals surface area contributed by atoms with E-state index in [0.717, 1.165) is 0 Å². The van der Waals surface area contributed by atoms with Crippen molar-refractivity contribution in [2.45, 2.75) is 103 Å². The number of unbranched alkanes of at least 4 members (excludes halogenated alkanes) is 11. The fraction of sp³-hybridized carbons (Fsp3) is 0.692. The van der Waals surface area contributed by atoms with E-state index < -0.39 is 0 Å². The van der Waals surface area contributed by atoms with Crippen LogP contribution in [0.25, 0.3) is 0 Å². The van der Waals surface area contributed by atoms with Gasteiger partial charge < -0.3 is 9.80 Å². The summed E-state index contributed by atoms with van der Waals surface area (Å²) in [4.78, 5) is 5.10. The average Bonchev–Trinajstić information content (AvgIpc) is 3.13. The molecule has 1 atom stereocenters. The lowest BCUT2D eigenvalue weighted by Crippen LogP contribution is -2.32. The van der Waals surface area contributed by atoms with Gasteiger partial charge in [-0.05, 0) is 18.4 Å². The summed E-state index contributed by atoms with van der Waals surface area (Å²) < 4.78 is 0. The van der Waals surface area contributed by atoms with E-state index in [0.29, 0.717) is 6.17 Å². The summed E-state index contributed by atoms with van der Waals surface area (Å²) in [6, 6.07) is 11.1. The summed E-state index contributed by atoms with van der Waals surface area (Å²) in [6.45, 7) is 6.92. The van der Waals surface area contributed by atoms with Crippen LogP contribution in [0.2, 0.25) is 0 Å². The van der Waals surface area contributed by atoms with Gasteiger partial charge in [-0.2, -0.15) is 0 Å². The van der Waals surface area contributed by atoms with Gasteiger partial charge in [0, 0.05) is 25.5 Å². The molecule has 0 aliphatic carbocycles. The summed E-state index contributed by atoms with van der Waals surface area (Å²) in [5.41, 5.74) is 1.43. The van der Waals surface area contributed by atoms with Crippen molar-refractivity contribution in [1.29, 1.82) is 0 Å². The lowest BCUT2D eigenvalue weighted by molar-refractivity contribution is 0.150. The fourth-order valence-electron chi connectivity index (χ4n) is 4.25. The van der Waals surface area contributed by atoms with Gasteiger partial charge in [-0.3, -0.25) is 0 Å². The Kier molecular flexibility index (Phi) is 11.9. The van der Waals surface area contributed by atoms with Gasteiger partial charge in [0.05, 0.1) is 0 Å². The normalized spacial score (nSPS) is 16.3. The molecule has 1 heterocycles.